The van der Waals surface area contributed by atoms with E-state index >= 15 is 0 Å². The third-order valence-electron chi connectivity index (χ3n) is 3.35. The molecular formula is C16H12BrFN2. The molecule has 0 aliphatic carbocycles. The third kappa shape index (κ3) is 2.32. The van der Waals surface area contributed by atoms with Crippen molar-refractivity contribution in [2.75, 3.05) is 0 Å². The first-order chi connectivity index (χ1) is 9.66. The summed E-state index contributed by atoms with van der Waals surface area (Å²) in [5.74, 6) is -0.294. The minimum Gasteiger partial charge on any atom is -0.320 e. The van der Waals surface area contributed by atoms with Crippen LogP contribution < -0.4 is 5.73 Å². The summed E-state index contributed by atoms with van der Waals surface area (Å²) in [6, 6.07) is 12.0. The molecule has 2 N–H and O–H groups in total. The van der Waals surface area contributed by atoms with E-state index in [9.17, 15) is 4.39 Å². The van der Waals surface area contributed by atoms with Gasteiger partial charge in [-0.15, -0.1) is 0 Å². The number of fused-ring (bicyclic) bond motifs is 1. The van der Waals surface area contributed by atoms with Crippen molar-refractivity contribution in [1.82, 2.24) is 4.98 Å². The molecular weight excluding hydrogens is 319 g/mol. The van der Waals surface area contributed by atoms with E-state index in [0.29, 0.717) is 0 Å². The topological polar surface area (TPSA) is 38.9 Å². The molecule has 0 aliphatic rings. The zero-order chi connectivity index (χ0) is 14.1. The number of hydrogen-bond acceptors (Lipinski definition) is 2. The standard InChI is InChI=1S/C16H12BrFN2/c17-15-5-4-11(18)8-13(15)16(19)12-3-1-2-10-6-7-20-9-14(10)12/h1-9,16H,19H2. The minimum atomic E-state index is -0.409. The van der Waals surface area contributed by atoms with Crippen LogP contribution in [0.15, 0.2) is 59.3 Å². The van der Waals surface area contributed by atoms with Gasteiger partial charge >= 0.3 is 0 Å². The summed E-state index contributed by atoms with van der Waals surface area (Å²) in [6.07, 6.45) is 3.54. The number of pyridine rings is 1. The Balaban J connectivity index is 2.17. The first kappa shape index (κ1) is 13.2. The van der Waals surface area contributed by atoms with Crippen molar-refractivity contribution in [2.24, 2.45) is 5.73 Å². The Kier molecular flexibility index (Phi) is 3.51. The largest absolute Gasteiger partial charge is 0.320 e. The highest BCUT2D eigenvalue weighted by molar-refractivity contribution is 9.10. The molecule has 2 aromatic carbocycles. The van der Waals surface area contributed by atoms with Crippen LogP contribution >= 0.6 is 15.9 Å². The Morgan fingerprint density at radius 3 is 2.80 bits per heavy atom. The van der Waals surface area contributed by atoms with E-state index in [1.807, 2.05) is 24.3 Å². The zero-order valence-corrected chi connectivity index (χ0v) is 12.1. The van der Waals surface area contributed by atoms with Gasteiger partial charge in [0.15, 0.2) is 0 Å². The quantitative estimate of drug-likeness (QED) is 0.765. The van der Waals surface area contributed by atoms with E-state index in [1.165, 1.54) is 12.1 Å². The zero-order valence-electron chi connectivity index (χ0n) is 10.6. The number of hydrogen-bond donors (Lipinski definition) is 1. The van der Waals surface area contributed by atoms with Crippen molar-refractivity contribution in [3.63, 3.8) is 0 Å². The summed E-state index contributed by atoms with van der Waals surface area (Å²) in [7, 11) is 0. The van der Waals surface area contributed by atoms with Crippen molar-refractivity contribution in [3.05, 3.63) is 76.3 Å². The predicted molar refractivity (Wildman–Crippen MR) is 81.9 cm³/mol. The Hall–Kier alpha value is -1.78. The Morgan fingerprint density at radius 2 is 1.95 bits per heavy atom. The molecule has 1 unspecified atom stereocenters. The molecule has 0 radical (unpaired) electrons. The van der Waals surface area contributed by atoms with E-state index in [0.717, 1.165) is 26.4 Å². The fourth-order valence-electron chi connectivity index (χ4n) is 2.33. The van der Waals surface area contributed by atoms with Crippen LogP contribution in [-0.4, -0.2) is 4.98 Å². The van der Waals surface area contributed by atoms with Crippen LogP contribution in [-0.2, 0) is 0 Å². The normalized spacial score (nSPS) is 12.6. The summed E-state index contributed by atoms with van der Waals surface area (Å²) in [5.41, 5.74) is 7.98. The van der Waals surface area contributed by atoms with E-state index in [2.05, 4.69) is 20.9 Å². The highest BCUT2D eigenvalue weighted by Gasteiger charge is 2.15. The monoisotopic (exact) mass is 330 g/mol. The third-order valence-corrected chi connectivity index (χ3v) is 4.07. The molecule has 0 spiro atoms. The molecule has 20 heavy (non-hydrogen) atoms. The first-order valence-corrected chi connectivity index (χ1v) is 6.99. The van der Waals surface area contributed by atoms with Crippen LogP contribution in [0.3, 0.4) is 0 Å². The SMILES string of the molecule is NC(c1cc(F)ccc1Br)c1cccc2ccncc12. The van der Waals surface area contributed by atoms with Crippen LogP contribution in [0, 0.1) is 5.82 Å². The second kappa shape index (κ2) is 5.31. The number of aromatic nitrogens is 1. The minimum absolute atomic E-state index is 0.294. The van der Waals surface area contributed by atoms with Gasteiger partial charge in [0.05, 0.1) is 6.04 Å². The summed E-state index contributed by atoms with van der Waals surface area (Å²) in [5, 5.41) is 2.05. The van der Waals surface area contributed by atoms with Gasteiger partial charge in [0.1, 0.15) is 5.82 Å². The molecule has 0 saturated heterocycles. The summed E-state index contributed by atoms with van der Waals surface area (Å²) in [6.45, 7) is 0. The van der Waals surface area contributed by atoms with Gasteiger partial charge in [-0.05, 0) is 40.8 Å². The molecule has 4 heteroatoms. The number of nitrogens with two attached hydrogens (primary N) is 1. The van der Waals surface area contributed by atoms with E-state index in [1.54, 1.807) is 18.5 Å². The lowest BCUT2D eigenvalue weighted by Crippen LogP contribution is -2.13. The molecule has 3 rings (SSSR count). The van der Waals surface area contributed by atoms with Crippen LogP contribution in [0.5, 0.6) is 0 Å². The van der Waals surface area contributed by atoms with E-state index < -0.39 is 6.04 Å². The molecule has 1 heterocycles. The summed E-state index contributed by atoms with van der Waals surface area (Å²) >= 11 is 3.43. The van der Waals surface area contributed by atoms with Gasteiger partial charge in [-0.3, -0.25) is 4.98 Å². The van der Waals surface area contributed by atoms with Gasteiger partial charge in [0.25, 0.3) is 0 Å². The van der Waals surface area contributed by atoms with Crippen molar-refractivity contribution >= 4 is 26.7 Å². The van der Waals surface area contributed by atoms with Crippen molar-refractivity contribution < 1.29 is 4.39 Å². The fourth-order valence-corrected chi connectivity index (χ4v) is 2.82. The summed E-state index contributed by atoms with van der Waals surface area (Å²) < 4.78 is 14.2. The van der Waals surface area contributed by atoms with Crippen molar-refractivity contribution in [1.29, 1.82) is 0 Å². The van der Waals surface area contributed by atoms with Crippen LogP contribution in [0.1, 0.15) is 17.2 Å². The van der Waals surface area contributed by atoms with Gasteiger partial charge in [-0.2, -0.15) is 0 Å². The highest BCUT2D eigenvalue weighted by atomic mass is 79.9. The Morgan fingerprint density at radius 1 is 1.10 bits per heavy atom. The van der Waals surface area contributed by atoms with E-state index in [-0.39, 0.29) is 5.82 Å². The molecule has 0 saturated carbocycles. The lowest BCUT2D eigenvalue weighted by atomic mass is 9.95. The van der Waals surface area contributed by atoms with Crippen molar-refractivity contribution in [2.45, 2.75) is 6.04 Å². The number of halogens is 2. The number of rotatable bonds is 2. The highest BCUT2D eigenvalue weighted by Crippen LogP contribution is 2.31. The van der Waals surface area contributed by atoms with Gasteiger partial charge in [0.2, 0.25) is 0 Å². The molecule has 3 aromatic rings. The first-order valence-electron chi connectivity index (χ1n) is 6.20. The van der Waals surface area contributed by atoms with Gasteiger partial charge in [0, 0.05) is 22.3 Å². The lowest BCUT2D eigenvalue weighted by molar-refractivity contribution is 0.623. The lowest BCUT2D eigenvalue weighted by Gasteiger charge is -2.16. The maximum Gasteiger partial charge on any atom is 0.123 e. The maximum atomic E-state index is 13.4. The average molecular weight is 331 g/mol. The van der Waals surface area contributed by atoms with Crippen molar-refractivity contribution in [3.8, 4) is 0 Å². The van der Waals surface area contributed by atoms with Crippen LogP contribution in [0.2, 0.25) is 0 Å². The Labute approximate surface area is 124 Å². The second-order valence-corrected chi connectivity index (χ2v) is 5.44. The molecule has 1 aromatic heterocycles. The maximum absolute atomic E-state index is 13.4. The molecule has 1 atom stereocenters. The second-order valence-electron chi connectivity index (χ2n) is 4.59. The van der Waals surface area contributed by atoms with Crippen LogP contribution in [0.4, 0.5) is 4.39 Å². The number of nitrogens with zero attached hydrogens (tertiary/aromatic N) is 1. The molecule has 100 valence electrons. The van der Waals surface area contributed by atoms with Crippen LogP contribution in [0.25, 0.3) is 10.8 Å². The summed E-state index contributed by atoms with van der Waals surface area (Å²) in [4.78, 5) is 4.15. The molecule has 0 bridgehead atoms. The Bertz CT molecular complexity index is 768. The van der Waals surface area contributed by atoms with E-state index in [4.69, 9.17) is 5.73 Å². The fraction of sp³-hybridized carbons (Fsp3) is 0.0625. The molecule has 2 nitrogen and oxygen atoms in total. The molecule has 0 fully saturated rings. The van der Waals surface area contributed by atoms with Gasteiger partial charge in [-0.1, -0.05) is 34.1 Å². The predicted octanol–water partition coefficient (Wildman–Crippen LogP) is 4.18. The smallest absolute Gasteiger partial charge is 0.123 e. The average Bonchev–Trinajstić information content (AvgIpc) is 2.48. The molecule has 0 aliphatic heterocycles. The van der Waals surface area contributed by atoms with Gasteiger partial charge in [-0.25, -0.2) is 4.39 Å². The van der Waals surface area contributed by atoms with Gasteiger partial charge < -0.3 is 5.73 Å². The molecule has 0 amide bonds. The number of benzene rings is 2.